The van der Waals surface area contributed by atoms with Crippen LogP contribution in [0.4, 0.5) is 0 Å². The molecule has 0 heterocycles. The minimum absolute atomic E-state index is 0.0122. The van der Waals surface area contributed by atoms with Crippen molar-refractivity contribution in [3.8, 4) is 0 Å². The summed E-state index contributed by atoms with van der Waals surface area (Å²) in [6.07, 6.45) is 1.93. The van der Waals surface area contributed by atoms with Crippen molar-refractivity contribution in [2.24, 2.45) is 5.73 Å². The van der Waals surface area contributed by atoms with Crippen molar-refractivity contribution in [1.29, 1.82) is 0 Å². The van der Waals surface area contributed by atoms with Gasteiger partial charge in [-0.05, 0) is 46.7 Å². The molecule has 1 rings (SSSR count). The maximum Gasteiger partial charge on any atom is 0.239 e. The van der Waals surface area contributed by atoms with Crippen molar-refractivity contribution < 1.29 is 9.59 Å². The maximum absolute atomic E-state index is 11.4. The van der Waals surface area contributed by atoms with E-state index in [1.165, 1.54) is 4.90 Å². The van der Waals surface area contributed by atoms with E-state index in [0.29, 0.717) is 6.54 Å². The van der Waals surface area contributed by atoms with Crippen LogP contribution in [0.5, 0.6) is 0 Å². The normalized spacial score (nSPS) is 10.2. The van der Waals surface area contributed by atoms with E-state index in [-0.39, 0.29) is 24.9 Å². The van der Waals surface area contributed by atoms with Crippen molar-refractivity contribution in [1.82, 2.24) is 10.6 Å². The van der Waals surface area contributed by atoms with E-state index in [1.54, 1.807) is 11.8 Å². The Labute approximate surface area is 137 Å². The summed E-state index contributed by atoms with van der Waals surface area (Å²) in [5.74, 6) is 0.493. The van der Waals surface area contributed by atoms with Crippen molar-refractivity contribution in [3.63, 3.8) is 0 Å². The standard InChI is InChI=1S/C14H20BrN3O2S/c15-11-5-1-2-6-12(11)21-8-4-3-7-17-14(20)10-18-13(19)9-16/h1-2,5-6H,3-4,7-10,16H2,(H,17,20)(H,18,19). The van der Waals surface area contributed by atoms with Crippen LogP contribution in [0.15, 0.2) is 33.6 Å². The second kappa shape index (κ2) is 10.6. The highest BCUT2D eigenvalue weighted by Gasteiger charge is 2.03. The van der Waals surface area contributed by atoms with Gasteiger partial charge in [0.25, 0.3) is 0 Å². The van der Waals surface area contributed by atoms with Gasteiger partial charge < -0.3 is 16.4 Å². The average molecular weight is 374 g/mol. The zero-order valence-corrected chi connectivity index (χ0v) is 14.1. The SMILES string of the molecule is NCC(=O)NCC(=O)NCCCCSc1ccccc1Br. The molecule has 7 heteroatoms. The van der Waals surface area contributed by atoms with Crippen LogP contribution in [0.25, 0.3) is 0 Å². The number of thioether (sulfide) groups is 1. The first-order valence-corrected chi connectivity index (χ1v) is 8.52. The topological polar surface area (TPSA) is 84.2 Å². The van der Waals surface area contributed by atoms with E-state index < -0.39 is 0 Å². The molecule has 0 aromatic heterocycles. The largest absolute Gasteiger partial charge is 0.355 e. The van der Waals surface area contributed by atoms with Crippen LogP contribution in [0.3, 0.4) is 0 Å². The van der Waals surface area contributed by atoms with Crippen LogP contribution in [0.1, 0.15) is 12.8 Å². The van der Waals surface area contributed by atoms with E-state index in [1.807, 2.05) is 18.2 Å². The van der Waals surface area contributed by atoms with Gasteiger partial charge in [0.05, 0.1) is 13.1 Å². The molecule has 0 aliphatic carbocycles. The number of nitrogens with one attached hydrogen (secondary N) is 2. The molecule has 0 aliphatic heterocycles. The first-order chi connectivity index (χ1) is 10.1. The van der Waals surface area contributed by atoms with Crippen molar-refractivity contribution in [2.45, 2.75) is 17.7 Å². The molecule has 1 aromatic rings. The van der Waals surface area contributed by atoms with Gasteiger partial charge in [-0.3, -0.25) is 9.59 Å². The van der Waals surface area contributed by atoms with E-state index in [9.17, 15) is 9.59 Å². The number of hydrogen-bond donors (Lipinski definition) is 3. The molecule has 0 bridgehead atoms. The van der Waals surface area contributed by atoms with Crippen molar-refractivity contribution in [2.75, 3.05) is 25.4 Å². The number of nitrogens with two attached hydrogens (primary N) is 1. The fraction of sp³-hybridized carbons (Fsp3) is 0.429. The van der Waals surface area contributed by atoms with Crippen molar-refractivity contribution >= 4 is 39.5 Å². The number of rotatable bonds is 9. The Bertz CT molecular complexity index is 471. The summed E-state index contributed by atoms with van der Waals surface area (Å²) in [5.41, 5.74) is 5.12. The number of hydrogen-bond acceptors (Lipinski definition) is 4. The van der Waals surface area contributed by atoms with Crippen LogP contribution in [0.2, 0.25) is 0 Å². The van der Waals surface area contributed by atoms with Gasteiger partial charge in [-0.25, -0.2) is 0 Å². The fourth-order valence-corrected chi connectivity index (χ4v) is 3.09. The summed E-state index contributed by atoms with van der Waals surface area (Å²) in [5, 5.41) is 5.19. The molecule has 4 N–H and O–H groups in total. The van der Waals surface area contributed by atoms with Gasteiger partial charge in [0, 0.05) is 15.9 Å². The number of halogens is 1. The number of carbonyl (C=O) groups is 2. The number of carbonyl (C=O) groups excluding carboxylic acids is 2. The zero-order chi connectivity index (χ0) is 15.5. The lowest BCUT2D eigenvalue weighted by molar-refractivity contribution is -0.125. The quantitative estimate of drug-likeness (QED) is 0.452. The molecule has 0 unspecified atom stereocenters. The lowest BCUT2D eigenvalue weighted by Gasteiger charge is -2.06. The molecular weight excluding hydrogens is 354 g/mol. The predicted molar refractivity (Wildman–Crippen MR) is 89.2 cm³/mol. The minimum Gasteiger partial charge on any atom is -0.355 e. The fourth-order valence-electron chi connectivity index (χ4n) is 1.51. The van der Waals surface area contributed by atoms with E-state index >= 15 is 0 Å². The molecule has 2 amide bonds. The smallest absolute Gasteiger partial charge is 0.239 e. The van der Waals surface area contributed by atoms with Crippen molar-refractivity contribution in [3.05, 3.63) is 28.7 Å². The van der Waals surface area contributed by atoms with Gasteiger partial charge >= 0.3 is 0 Å². The molecule has 0 fully saturated rings. The Morgan fingerprint density at radius 2 is 1.90 bits per heavy atom. The highest BCUT2D eigenvalue weighted by molar-refractivity contribution is 9.10. The second-order valence-electron chi connectivity index (χ2n) is 4.32. The van der Waals surface area contributed by atoms with Gasteiger partial charge in [0.15, 0.2) is 0 Å². The molecule has 5 nitrogen and oxygen atoms in total. The molecule has 0 aliphatic rings. The van der Waals surface area contributed by atoms with E-state index in [2.05, 4.69) is 32.6 Å². The third-order valence-corrected chi connectivity index (χ3v) is 4.73. The van der Waals surface area contributed by atoms with E-state index in [4.69, 9.17) is 5.73 Å². The highest BCUT2D eigenvalue weighted by atomic mass is 79.9. The van der Waals surface area contributed by atoms with Crippen LogP contribution < -0.4 is 16.4 Å². The van der Waals surface area contributed by atoms with Crippen LogP contribution >= 0.6 is 27.7 Å². The summed E-state index contributed by atoms with van der Waals surface area (Å²) in [4.78, 5) is 23.5. The second-order valence-corrected chi connectivity index (χ2v) is 6.31. The zero-order valence-electron chi connectivity index (χ0n) is 11.7. The number of benzene rings is 1. The molecule has 0 spiro atoms. The van der Waals surface area contributed by atoms with Gasteiger partial charge in [-0.2, -0.15) is 0 Å². The summed E-state index contributed by atoms with van der Waals surface area (Å²) in [6.45, 7) is 0.509. The third-order valence-electron chi connectivity index (χ3n) is 2.62. The number of unbranched alkanes of at least 4 members (excludes halogenated alkanes) is 1. The Kier molecular flexibility index (Phi) is 9.12. The number of amides is 2. The monoisotopic (exact) mass is 373 g/mol. The van der Waals surface area contributed by atoms with Crippen LogP contribution in [-0.2, 0) is 9.59 Å². The first-order valence-electron chi connectivity index (χ1n) is 6.74. The van der Waals surface area contributed by atoms with Crippen LogP contribution in [0, 0.1) is 0 Å². The van der Waals surface area contributed by atoms with E-state index in [0.717, 1.165) is 23.1 Å². The Morgan fingerprint density at radius 3 is 2.62 bits per heavy atom. The molecule has 116 valence electrons. The molecule has 21 heavy (non-hydrogen) atoms. The van der Waals surface area contributed by atoms with Gasteiger partial charge in [0.1, 0.15) is 0 Å². The predicted octanol–water partition coefficient (Wildman–Crippen LogP) is 1.51. The highest BCUT2D eigenvalue weighted by Crippen LogP contribution is 2.27. The molecule has 0 saturated heterocycles. The molecule has 0 atom stereocenters. The van der Waals surface area contributed by atoms with Gasteiger partial charge in [0.2, 0.25) is 11.8 Å². The molecule has 0 radical (unpaired) electrons. The Hall–Kier alpha value is -1.05. The summed E-state index contributed by atoms with van der Waals surface area (Å²) in [7, 11) is 0. The minimum atomic E-state index is -0.324. The first kappa shape index (κ1) is 18.0. The maximum atomic E-state index is 11.4. The summed E-state index contributed by atoms with van der Waals surface area (Å²) in [6, 6.07) is 8.12. The molecule has 0 saturated carbocycles. The lowest BCUT2D eigenvalue weighted by atomic mass is 10.3. The lowest BCUT2D eigenvalue weighted by Crippen LogP contribution is -2.39. The molecule has 1 aromatic carbocycles. The third kappa shape index (κ3) is 8.08. The Balaban J connectivity index is 2.03. The van der Waals surface area contributed by atoms with Crippen LogP contribution in [-0.4, -0.2) is 37.2 Å². The molecular formula is C14H20BrN3O2S. The Morgan fingerprint density at radius 1 is 1.14 bits per heavy atom. The summed E-state index contributed by atoms with van der Waals surface area (Å²) >= 11 is 5.30. The summed E-state index contributed by atoms with van der Waals surface area (Å²) < 4.78 is 1.11. The average Bonchev–Trinajstić information content (AvgIpc) is 2.49. The van der Waals surface area contributed by atoms with Gasteiger partial charge in [-0.1, -0.05) is 12.1 Å². The van der Waals surface area contributed by atoms with Gasteiger partial charge in [-0.15, -0.1) is 11.8 Å².